The van der Waals surface area contributed by atoms with Gasteiger partial charge >= 0.3 is 6.09 Å². The Morgan fingerprint density at radius 2 is 1.85 bits per heavy atom. The number of carbonyl (C=O) groups excluding carboxylic acids is 1. The molecule has 8 heteroatoms. The van der Waals surface area contributed by atoms with Gasteiger partial charge in [-0.25, -0.2) is 13.2 Å². The third-order valence-electron chi connectivity index (χ3n) is 4.04. The van der Waals surface area contributed by atoms with E-state index in [0.29, 0.717) is 37.1 Å². The van der Waals surface area contributed by atoms with Gasteiger partial charge in [-0.15, -0.1) is 0 Å². The van der Waals surface area contributed by atoms with Crippen LogP contribution < -0.4 is 9.46 Å². The van der Waals surface area contributed by atoms with Gasteiger partial charge in [0.25, 0.3) is 0 Å². The number of carbonyl (C=O) groups is 1. The predicted molar refractivity (Wildman–Crippen MR) is 101 cm³/mol. The van der Waals surface area contributed by atoms with Crippen LogP contribution in [0.2, 0.25) is 0 Å². The van der Waals surface area contributed by atoms with Crippen molar-refractivity contribution in [3.63, 3.8) is 0 Å². The Morgan fingerprint density at radius 1 is 1.23 bits per heavy atom. The number of hydrogen-bond acceptors (Lipinski definition) is 5. The maximum atomic E-state index is 12.2. The molecular formula is C18H28N2O5S. The highest BCUT2D eigenvalue weighted by Gasteiger charge is 2.35. The van der Waals surface area contributed by atoms with Crippen LogP contribution in [0.5, 0.6) is 5.75 Å². The van der Waals surface area contributed by atoms with Crippen LogP contribution in [-0.4, -0.2) is 51.0 Å². The lowest BCUT2D eigenvalue weighted by Crippen LogP contribution is -2.35. The van der Waals surface area contributed by atoms with Gasteiger partial charge in [0, 0.05) is 24.7 Å². The number of nitrogens with one attached hydrogen (secondary N) is 1. The third-order valence-corrected chi connectivity index (χ3v) is 4.65. The van der Waals surface area contributed by atoms with E-state index in [1.165, 1.54) is 0 Å². The van der Waals surface area contributed by atoms with Crippen molar-refractivity contribution >= 4 is 21.8 Å². The zero-order chi connectivity index (χ0) is 19.5. The van der Waals surface area contributed by atoms with Crippen LogP contribution in [0.4, 0.5) is 10.5 Å². The Bertz CT molecular complexity index is 725. The van der Waals surface area contributed by atoms with Crippen molar-refractivity contribution in [3.05, 3.63) is 24.3 Å². The topological polar surface area (TPSA) is 84.9 Å². The molecule has 2 rings (SSSR count). The van der Waals surface area contributed by atoms with Crippen molar-refractivity contribution in [1.29, 1.82) is 0 Å². The van der Waals surface area contributed by atoms with E-state index < -0.39 is 15.6 Å². The fourth-order valence-electron chi connectivity index (χ4n) is 2.76. The zero-order valence-corrected chi connectivity index (χ0v) is 16.8. The second-order valence-corrected chi connectivity index (χ2v) is 9.58. The SMILES string of the molecule is CC1CN(C(=O)OC(C)(C)C)CC1COc1ccc(NS(C)(=O)=O)cc1. The van der Waals surface area contributed by atoms with E-state index >= 15 is 0 Å². The molecule has 0 radical (unpaired) electrons. The molecule has 1 fully saturated rings. The van der Waals surface area contributed by atoms with Gasteiger partial charge in [-0.3, -0.25) is 4.72 Å². The number of hydrogen-bond donors (Lipinski definition) is 1. The summed E-state index contributed by atoms with van der Waals surface area (Å²) in [5, 5.41) is 0. The number of nitrogens with zero attached hydrogens (tertiary/aromatic N) is 1. The van der Waals surface area contributed by atoms with E-state index in [9.17, 15) is 13.2 Å². The molecule has 1 aromatic carbocycles. The summed E-state index contributed by atoms with van der Waals surface area (Å²) in [4.78, 5) is 13.9. The molecular weight excluding hydrogens is 356 g/mol. The maximum Gasteiger partial charge on any atom is 0.410 e. The van der Waals surface area contributed by atoms with Crippen LogP contribution in [-0.2, 0) is 14.8 Å². The first-order valence-electron chi connectivity index (χ1n) is 8.61. The van der Waals surface area contributed by atoms with Crippen LogP contribution in [0, 0.1) is 11.8 Å². The van der Waals surface area contributed by atoms with Gasteiger partial charge < -0.3 is 14.4 Å². The van der Waals surface area contributed by atoms with Crippen molar-refractivity contribution in [2.24, 2.45) is 11.8 Å². The normalized spacial score (nSPS) is 20.7. The summed E-state index contributed by atoms with van der Waals surface area (Å²) in [7, 11) is -3.29. The Hall–Kier alpha value is -1.96. The second kappa shape index (κ2) is 7.73. The fourth-order valence-corrected chi connectivity index (χ4v) is 3.33. The standard InChI is InChI=1S/C18H28N2O5S/c1-13-10-20(17(21)25-18(2,3)4)11-14(13)12-24-16-8-6-15(7-9-16)19-26(5,22)23/h6-9,13-14,19H,10-12H2,1-5H3. The van der Waals surface area contributed by atoms with Gasteiger partial charge in [0.1, 0.15) is 11.4 Å². The van der Waals surface area contributed by atoms with E-state index in [1.807, 2.05) is 20.8 Å². The number of likely N-dealkylation sites (tertiary alicyclic amines) is 1. The lowest BCUT2D eigenvalue weighted by Gasteiger charge is -2.24. The van der Waals surface area contributed by atoms with E-state index in [4.69, 9.17) is 9.47 Å². The molecule has 26 heavy (non-hydrogen) atoms. The molecule has 0 aromatic heterocycles. The highest BCUT2D eigenvalue weighted by Crippen LogP contribution is 2.26. The van der Waals surface area contributed by atoms with Crippen molar-refractivity contribution < 1.29 is 22.7 Å². The van der Waals surface area contributed by atoms with Crippen molar-refractivity contribution in [3.8, 4) is 5.75 Å². The summed E-state index contributed by atoms with van der Waals surface area (Å²) < 4.78 is 36.1. The second-order valence-electron chi connectivity index (χ2n) is 7.83. The van der Waals surface area contributed by atoms with Gasteiger partial charge in [0.05, 0.1) is 12.9 Å². The summed E-state index contributed by atoms with van der Waals surface area (Å²) in [6.07, 6.45) is 0.818. The summed E-state index contributed by atoms with van der Waals surface area (Å²) >= 11 is 0. The van der Waals surface area contributed by atoms with Crippen LogP contribution >= 0.6 is 0 Å². The zero-order valence-electron chi connectivity index (χ0n) is 16.0. The largest absolute Gasteiger partial charge is 0.493 e. The van der Waals surface area contributed by atoms with Crippen molar-refractivity contribution in [2.75, 3.05) is 30.7 Å². The van der Waals surface area contributed by atoms with Crippen molar-refractivity contribution in [1.82, 2.24) is 4.90 Å². The molecule has 1 saturated heterocycles. The van der Waals surface area contributed by atoms with E-state index in [-0.39, 0.29) is 12.0 Å². The summed E-state index contributed by atoms with van der Waals surface area (Å²) in [6, 6.07) is 6.75. The lowest BCUT2D eigenvalue weighted by molar-refractivity contribution is 0.0282. The Kier molecular flexibility index (Phi) is 6.05. The number of ether oxygens (including phenoxy) is 2. The average molecular weight is 384 g/mol. The molecule has 0 saturated carbocycles. The van der Waals surface area contributed by atoms with Crippen LogP contribution in [0.25, 0.3) is 0 Å². The number of anilines is 1. The van der Waals surface area contributed by atoms with Crippen molar-refractivity contribution in [2.45, 2.75) is 33.3 Å². The summed E-state index contributed by atoms with van der Waals surface area (Å²) in [6.45, 7) is 9.40. The van der Waals surface area contributed by atoms with E-state index in [0.717, 1.165) is 6.26 Å². The molecule has 1 aliphatic rings. The fraction of sp³-hybridized carbons (Fsp3) is 0.611. The van der Waals surface area contributed by atoms with Gasteiger partial charge in [-0.1, -0.05) is 6.92 Å². The monoisotopic (exact) mass is 384 g/mol. The van der Waals surface area contributed by atoms with Gasteiger partial charge in [0.2, 0.25) is 10.0 Å². The summed E-state index contributed by atoms with van der Waals surface area (Å²) in [5.41, 5.74) is -0.0124. The van der Waals surface area contributed by atoms with Gasteiger partial charge in [0.15, 0.2) is 0 Å². The molecule has 0 spiro atoms. The van der Waals surface area contributed by atoms with Crippen LogP contribution in [0.1, 0.15) is 27.7 Å². The van der Waals surface area contributed by atoms with Gasteiger partial charge in [-0.05, 0) is 51.0 Å². The molecule has 7 nitrogen and oxygen atoms in total. The number of sulfonamides is 1. The molecule has 1 N–H and O–H groups in total. The Balaban J connectivity index is 1.86. The predicted octanol–water partition coefficient (Wildman–Crippen LogP) is 2.94. The molecule has 0 aliphatic carbocycles. The Morgan fingerprint density at radius 3 is 2.38 bits per heavy atom. The average Bonchev–Trinajstić information content (AvgIpc) is 2.85. The maximum absolute atomic E-state index is 12.2. The first kappa shape index (κ1) is 20.4. The van der Waals surface area contributed by atoms with Gasteiger partial charge in [-0.2, -0.15) is 0 Å². The molecule has 2 atom stereocenters. The quantitative estimate of drug-likeness (QED) is 0.844. The molecule has 2 unspecified atom stereocenters. The first-order valence-corrected chi connectivity index (χ1v) is 10.5. The molecule has 1 amide bonds. The minimum atomic E-state index is -3.29. The minimum Gasteiger partial charge on any atom is -0.493 e. The van der Waals surface area contributed by atoms with Crippen LogP contribution in [0.15, 0.2) is 24.3 Å². The molecule has 146 valence electrons. The highest BCUT2D eigenvalue weighted by atomic mass is 32.2. The number of amides is 1. The Labute approximate surface area is 155 Å². The number of rotatable bonds is 5. The smallest absolute Gasteiger partial charge is 0.410 e. The summed E-state index contributed by atoms with van der Waals surface area (Å²) in [5.74, 6) is 1.19. The molecule has 1 heterocycles. The third kappa shape index (κ3) is 6.40. The minimum absolute atomic E-state index is 0.219. The molecule has 0 bridgehead atoms. The molecule has 1 aromatic rings. The van der Waals surface area contributed by atoms with E-state index in [2.05, 4.69) is 11.6 Å². The number of benzene rings is 1. The van der Waals surface area contributed by atoms with E-state index in [1.54, 1.807) is 29.2 Å². The highest BCUT2D eigenvalue weighted by molar-refractivity contribution is 7.92. The first-order chi connectivity index (χ1) is 11.9. The lowest BCUT2D eigenvalue weighted by atomic mass is 9.99. The molecule has 1 aliphatic heterocycles. The van der Waals surface area contributed by atoms with Crippen LogP contribution in [0.3, 0.4) is 0 Å².